The minimum absolute atomic E-state index is 0.103. The maximum atomic E-state index is 11.9. The van der Waals surface area contributed by atoms with Gasteiger partial charge < -0.3 is 10.4 Å². The summed E-state index contributed by atoms with van der Waals surface area (Å²) < 4.78 is 3.82. The Hall–Kier alpha value is -1.50. The second kappa shape index (κ2) is 9.41. The monoisotopic (exact) mass is 299 g/mol. The van der Waals surface area contributed by atoms with E-state index in [4.69, 9.17) is 5.11 Å². The summed E-state index contributed by atoms with van der Waals surface area (Å²) in [5.74, 6) is -0.853. The van der Waals surface area contributed by atoms with Crippen LogP contribution < -0.4 is 5.32 Å². The van der Waals surface area contributed by atoms with E-state index >= 15 is 0 Å². The van der Waals surface area contributed by atoms with Crippen molar-refractivity contribution in [3.05, 3.63) is 10.6 Å². The SMILES string of the molecule is CCCc1nnsc1C(=O)NCCCCCCC(=O)O. The number of carboxylic acids is 1. The molecule has 0 spiro atoms. The molecule has 0 unspecified atom stereocenters. The zero-order valence-electron chi connectivity index (χ0n) is 11.7. The molecule has 0 radical (unpaired) electrons. The molecule has 0 saturated carbocycles. The Morgan fingerprint density at radius 1 is 1.25 bits per heavy atom. The fourth-order valence-electron chi connectivity index (χ4n) is 1.82. The highest BCUT2D eigenvalue weighted by molar-refractivity contribution is 7.08. The average Bonchev–Trinajstić information content (AvgIpc) is 2.86. The van der Waals surface area contributed by atoms with E-state index in [9.17, 15) is 9.59 Å². The zero-order chi connectivity index (χ0) is 14.8. The number of hydrogen-bond donors (Lipinski definition) is 2. The number of aryl methyl sites for hydroxylation is 1. The fourth-order valence-corrected chi connectivity index (χ4v) is 2.44. The average molecular weight is 299 g/mol. The van der Waals surface area contributed by atoms with Gasteiger partial charge in [0.05, 0.1) is 5.69 Å². The van der Waals surface area contributed by atoms with Crippen LogP contribution in [0.4, 0.5) is 0 Å². The third-order valence-corrected chi connectivity index (χ3v) is 3.62. The maximum absolute atomic E-state index is 11.9. The van der Waals surface area contributed by atoms with Gasteiger partial charge in [-0.3, -0.25) is 9.59 Å². The van der Waals surface area contributed by atoms with Crippen LogP contribution in [-0.4, -0.2) is 33.1 Å². The summed E-state index contributed by atoms with van der Waals surface area (Å²) in [6.07, 6.45) is 5.30. The molecule has 6 nitrogen and oxygen atoms in total. The van der Waals surface area contributed by atoms with Crippen molar-refractivity contribution in [1.82, 2.24) is 14.9 Å². The maximum Gasteiger partial charge on any atom is 0.303 e. The lowest BCUT2D eigenvalue weighted by atomic mass is 10.1. The summed E-state index contributed by atoms with van der Waals surface area (Å²) in [5.41, 5.74) is 0.774. The molecule has 1 aromatic heterocycles. The van der Waals surface area contributed by atoms with Crippen LogP contribution in [0.5, 0.6) is 0 Å². The van der Waals surface area contributed by atoms with E-state index in [-0.39, 0.29) is 12.3 Å². The first-order valence-corrected chi connectivity index (χ1v) is 7.73. The lowest BCUT2D eigenvalue weighted by Crippen LogP contribution is -2.24. The molecule has 0 fully saturated rings. The molecular formula is C13H21N3O3S. The van der Waals surface area contributed by atoms with Gasteiger partial charge >= 0.3 is 5.97 Å². The molecule has 1 heterocycles. The van der Waals surface area contributed by atoms with Crippen molar-refractivity contribution in [3.8, 4) is 0 Å². The van der Waals surface area contributed by atoms with Gasteiger partial charge in [-0.2, -0.15) is 0 Å². The van der Waals surface area contributed by atoms with Crippen molar-refractivity contribution in [3.63, 3.8) is 0 Å². The quantitative estimate of drug-likeness (QED) is 0.646. The van der Waals surface area contributed by atoms with Crippen LogP contribution in [0.1, 0.15) is 60.8 Å². The number of aromatic nitrogens is 2. The van der Waals surface area contributed by atoms with E-state index in [1.54, 1.807) is 0 Å². The topological polar surface area (TPSA) is 92.2 Å². The third kappa shape index (κ3) is 6.10. The molecule has 0 aliphatic carbocycles. The number of carbonyl (C=O) groups is 2. The Balaban J connectivity index is 2.17. The number of amides is 1. The van der Waals surface area contributed by atoms with E-state index in [1.807, 2.05) is 6.92 Å². The van der Waals surface area contributed by atoms with E-state index in [0.717, 1.165) is 49.3 Å². The van der Waals surface area contributed by atoms with Crippen molar-refractivity contribution < 1.29 is 14.7 Å². The lowest BCUT2D eigenvalue weighted by Gasteiger charge is -2.04. The Bertz CT molecular complexity index is 434. The first-order chi connectivity index (χ1) is 9.65. The van der Waals surface area contributed by atoms with Crippen LogP contribution in [0.3, 0.4) is 0 Å². The van der Waals surface area contributed by atoms with Gasteiger partial charge in [0.2, 0.25) is 0 Å². The number of unbranched alkanes of at least 4 members (excludes halogenated alkanes) is 3. The van der Waals surface area contributed by atoms with Gasteiger partial charge in [-0.25, -0.2) is 0 Å². The van der Waals surface area contributed by atoms with E-state index in [1.165, 1.54) is 0 Å². The standard InChI is InChI=1S/C13H21N3O3S/c1-2-7-10-12(20-16-15-10)13(19)14-9-6-4-3-5-8-11(17)18/h2-9H2,1H3,(H,14,19)(H,17,18). The van der Waals surface area contributed by atoms with Crippen LogP contribution in [0.25, 0.3) is 0 Å². The molecule has 1 amide bonds. The van der Waals surface area contributed by atoms with Gasteiger partial charge in [0.1, 0.15) is 4.88 Å². The molecule has 1 aromatic rings. The van der Waals surface area contributed by atoms with Gasteiger partial charge in [-0.15, -0.1) is 5.10 Å². The largest absolute Gasteiger partial charge is 0.481 e. The van der Waals surface area contributed by atoms with Crippen LogP contribution in [-0.2, 0) is 11.2 Å². The predicted octanol–water partition coefficient (Wildman–Crippen LogP) is 2.26. The molecule has 7 heteroatoms. The molecule has 0 aromatic carbocycles. The molecule has 0 saturated heterocycles. The summed E-state index contributed by atoms with van der Waals surface area (Å²) in [5, 5.41) is 15.3. The van der Waals surface area contributed by atoms with Crippen molar-refractivity contribution >= 4 is 23.4 Å². The highest BCUT2D eigenvalue weighted by Crippen LogP contribution is 2.12. The van der Waals surface area contributed by atoms with Gasteiger partial charge in [-0.05, 0) is 30.8 Å². The predicted molar refractivity (Wildman–Crippen MR) is 77.0 cm³/mol. The number of carboxylic acid groups (broad SMARTS) is 1. The summed E-state index contributed by atoms with van der Waals surface area (Å²) >= 11 is 1.13. The molecule has 1 rings (SSSR count). The molecule has 0 atom stereocenters. The summed E-state index contributed by atoms with van der Waals surface area (Å²) in [6, 6.07) is 0. The molecule has 20 heavy (non-hydrogen) atoms. The highest BCUT2D eigenvalue weighted by Gasteiger charge is 2.14. The fraction of sp³-hybridized carbons (Fsp3) is 0.692. The van der Waals surface area contributed by atoms with Gasteiger partial charge in [0, 0.05) is 13.0 Å². The number of aliphatic carboxylic acids is 1. The first-order valence-electron chi connectivity index (χ1n) is 6.96. The number of hydrogen-bond acceptors (Lipinski definition) is 5. The van der Waals surface area contributed by atoms with Crippen LogP contribution >= 0.6 is 11.5 Å². The highest BCUT2D eigenvalue weighted by atomic mass is 32.1. The Kier molecular flexibility index (Phi) is 7.79. The molecule has 112 valence electrons. The van der Waals surface area contributed by atoms with Crippen molar-refractivity contribution in [2.24, 2.45) is 0 Å². The second-order valence-electron chi connectivity index (χ2n) is 4.61. The van der Waals surface area contributed by atoms with E-state index in [0.29, 0.717) is 17.8 Å². The van der Waals surface area contributed by atoms with Crippen LogP contribution in [0, 0.1) is 0 Å². The molecule has 0 aliphatic rings. The smallest absolute Gasteiger partial charge is 0.303 e. The Morgan fingerprint density at radius 2 is 2.00 bits per heavy atom. The molecule has 0 aliphatic heterocycles. The third-order valence-electron chi connectivity index (χ3n) is 2.85. The summed E-state index contributed by atoms with van der Waals surface area (Å²) in [6.45, 7) is 2.65. The minimum atomic E-state index is -0.751. The molecule has 0 bridgehead atoms. The van der Waals surface area contributed by atoms with Crippen molar-refractivity contribution in [1.29, 1.82) is 0 Å². The Morgan fingerprint density at radius 3 is 2.70 bits per heavy atom. The van der Waals surface area contributed by atoms with Crippen LogP contribution in [0.15, 0.2) is 0 Å². The van der Waals surface area contributed by atoms with Gasteiger partial charge in [0.15, 0.2) is 0 Å². The van der Waals surface area contributed by atoms with Crippen molar-refractivity contribution in [2.75, 3.05) is 6.54 Å². The van der Waals surface area contributed by atoms with Gasteiger partial charge in [0.25, 0.3) is 5.91 Å². The molecule has 2 N–H and O–H groups in total. The normalized spacial score (nSPS) is 10.4. The summed E-state index contributed by atoms with van der Waals surface area (Å²) in [4.78, 5) is 22.9. The number of rotatable bonds is 10. The number of carbonyl (C=O) groups excluding carboxylic acids is 1. The van der Waals surface area contributed by atoms with Crippen LogP contribution in [0.2, 0.25) is 0 Å². The first kappa shape index (κ1) is 16.6. The zero-order valence-corrected chi connectivity index (χ0v) is 12.5. The number of nitrogens with one attached hydrogen (secondary N) is 1. The van der Waals surface area contributed by atoms with E-state index < -0.39 is 5.97 Å². The lowest BCUT2D eigenvalue weighted by molar-refractivity contribution is -0.137. The molecular weight excluding hydrogens is 278 g/mol. The van der Waals surface area contributed by atoms with Crippen molar-refractivity contribution in [2.45, 2.75) is 51.9 Å². The van der Waals surface area contributed by atoms with E-state index in [2.05, 4.69) is 14.9 Å². The number of nitrogens with zero attached hydrogens (tertiary/aromatic N) is 2. The second-order valence-corrected chi connectivity index (χ2v) is 5.37. The van der Waals surface area contributed by atoms with Gasteiger partial charge in [-0.1, -0.05) is 30.7 Å². The Labute approximate surface area is 122 Å². The minimum Gasteiger partial charge on any atom is -0.481 e. The summed E-state index contributed by atoms with van der Waals surface area (Å²) in [7, 11) is 0.